The van der Waals surface area contributed by atoms with Crippen LogP contribution in [0.15, 0.2) is 34.5 Å². The highest BCUT2D eigenvalue weighted by Crippen LogP contribution is 2.33. The Balaban J connectivity index is 2.59. The maximum Gasteiger partial charge on any atom is 0.350 e. The van der Waals surface area contributed by atoms with Crippen molar-refractivity contribution >= 4 is 39.3 Å². The first-order chi connectivity index (χ1) is 12.5. The van der Waals surface area contributed by atoms with Crippen molar-refractivity contribution in [2.24, 2.45) is 0 Å². The average molecular weight is 410 g/mol. The lowest BCUT2D eigenvalue weighted by atomic mass is 9.86. The van der Waals surface area contributed by atoms with Crippen molar-refractivity contribution in [3.05, 3.63) is 45.6 Å². The zero-order chi connectivity index (χ0) is 20.4. The summed E-state index contributed by atoms with van der Waals surface area (Å²) in [6.45, 7) is 7.45. The fourth-order valence-electron chi connectivity index (χ4n) is 2.66. The molecule has 2 rings (SSSR count). The molecule has 1 heterocycles. The first kappa shape index (κ1) is 21.1. The fourth-order valence-corrected chi connectivity index (χ4v) is 5.14. The molecule has 0 amide bonds. The van der Waals surface area contributed by atoms with Crippen LogP contribution in [0.4, 0.5) is 5.69 Å². The molecule has 8 heteroatoms. The topological polar surface area (TPSA) is 80.8 Å². The van der Waals surface area contributed by atoms with Gasteiger partial charge in [-0.05, 0) is 41.0 Å². The SMILES string of the molecule is COC(=O)c1sccc1N(CC=O)S(=O)(=O)c1ccc(C(C)(C)C)cc1C. The van der Waals surface area contributed by atoms with Gasteiger partial charge in [0.2, 0.25) is 0 Å². The van der Waals surface area contributed by atoms with Crippen molar-refractivity contribution in [1.82, 2.24) is 0 Å². The van der Waals surface area contributed by atoms with Crippen LogP contribution in [-0.4, -0.2) is 34.3 Å². The van der Waals surface area contributed by atoms with Crippen LogP contribution in [0, 0.1) is 6.92 Å². The number of rotatable bonds is 6. The second kappa shape index (κ2) is 7.82. The molecule has 1 aromatic heterocycles. The molecule has 0 fully saturated rings. The second-order valence-electron chi connectivity index (χ2n) is 7.06. The van der Waals surface area contributed by atoms with Gasteiger partial charge in [-0.25, -0.2) is 13.2 Å². The van der Waals surface area contributed by atoms with Crippen molar-refractivity contribution in [3.63, 3.8) is 0 Å². The Morgan fingerprint density at radius 3 is 2.44 bits per heavy atom. The molecule has 27 heavy (non-hydrogen) atoms. The number of carbonyl (C=O) groups is 2. The van der Waals surface area contributed by atoms with Crippen LogP contribution in [0.3, 0.4) is 0 Å². The van der Waals surface area contributed by atoms with E-state index in [4.69, 9.17) is 4.74 Å². The first-order valence-electron chi connectivity index (χ1n) is 8.27. The number of benzene rings is 1. The Bertz CT molecular complexity index is 955. The smallest absolute Gasteiger partial charge is 0.350 e. The molecule has 0 radical (unpaired) electrons. The van der Waals surface area contributed by atoms with E-state index in [1.54, 1.807) is 24.4 Å². The van der Waals surface area contributed by atoms with E-state index < -0.39 is 22.5 Å². The molecule has 2 aromatic rings. The number of nitrogens with zero attached hydrogens (tertiary/aromatic N) is 1. The molecule has 0 aliphatic carbocycles. The summed E-state index contributed by atoms with van der Waals surface area (Å²) in [4.78, 5) is 23.4. The molecule has 0 atom stereocenters. The number of carbonyl (C=O) groups excluding carboxylic acids is 2. The minimum Gasteiger partial charge on any atom is -0.465 e. The molecule has 1 aromatic carbocycles. The van der Waals surface area contributed by atoms with Crippen molar-refractivity contribution in [2.45, 2.75) is 38.0 Å². The molecule has 146 valence electrons. The van der Waals surface area contributed by atoms with Gasteiger partial charge in [0.15, 0.2) is 0 Å². The van der Waals surface area contributed by atoms with Gasteiger partial charge in [-0.3, -0.25) is 4.31 Å². The lowest BCUT2D eigenvalue weighted by Gasteiger charge is -2.25. The maximum absolute atomic E-state index is 13.3. The van der Waals surface area contributed by atoms with Crippen LogP contribution in [0.2, 0.25) is 0 Å². The minimum atomic E-state index is -4.04. The second-order valence-corrected chi connectivity index (χ2v) is 9.81. The quantitative estimate of drug-likeness (QED) is 0.538. The molecule has 0 saturated carbocycles. The highest BCUT2D eigenvalue weighted by molar-refractivity contribution is 7.93. The number of aldehydes is 1. The first-order valence-corrected chi connectivity index (χ1v) is 10.6. The van der Waals surface area contributed by atoms with E-state index in [0.717, 1.165) is 21.2 Å². The van der Waals surface area contributed by atoms with Crippen molar-refractivity contribution in [1.29, 1.82) is 0 Å². The van der Waals surface area contributed by atoms with Crippen LogP contribution in [0.1, 0.15) is 41.6 Å². The number of thiophene rings is 1. The van der Waals surface area contributed by atoms with Crippen LogP contribution in [0.5, 0.6) is 0 Å². The fraction of sp³-hybridized carbons (Fsp3) is 0.368. The van der Waals surface area contributed by atoms with Gasteiger partial charge in [0, 0.05) is 0 Å². The normalized spacial score (nSPS) is 11.9. The lowest BCUT2D eigenvalue weighted by molar-refractivity contribution is -0.106. The Morgan fingerprint density at radius 1 is 1.26 bits per heavy atom. The van der Waals surface area contributed by atoms with Gasteiger partial charge < -0.3 is 9.53 Å². The molecule has 0 aliphatic rings. The van der Waals surface area contributed by atoms with E-state index in [9.17, 15) is 18.0 Å². The van der Waals surface area contributed by atoms with Gasteiger partial charge in [-0.15, -0.1) is 11.3 Å². The van der Waals surface area contributed by atoms with Crippen LogP contribution in [-0.2, 0) is 25.0 Å². The Hall–Kier alpha value is -2.19. The molecule has 0 saturated heterocycles. The van der Waals surface area contributed by atoms with Gasteiger partial charge >= 0.3 is 5.97 Å². The highest BCUT2D eigenvalue weighted by atomic mass is 32.2. The summed E-state index contributed by atoms with van der Waals surface area (Å²) in [6, 6.07) is 6.65. The molecule has 0 unspecified atom stereocenters. The number of esters is 1. The number of ether oxygens (including phenoxy) is 1. The van der Waals surface area contributed by atoms with Gasteiger partial charge in [0.25, 0.3) is 10.0 Å². The van der Waals surface area contributed by atoms with Gasteiger partial charge in [0.1, 0.15) is 11.2 Å². The van der Waals surface area contributed by atoms with Crippen molar-refractivity contribution in [3.8, 4) is 0 Å². The summed E-state index contributed by atoms with van der Waals surface area (Å²) < 4.78 is 32.2. The van der Waals surface area contributed by atoms with Gasteiger partial charge in [0.05, 0.1) is 24.2 Å². The predicted molar refractivity (Wildman–Crippen MR) is 106 cm³/mol. The molecule has 6 nitrogen and oxygen atoms in total. The van der Waals surface area contributed by atoms with Crippen molar-refractivity contribution < 1.29 is 22.7 Å². The van der Waals surface area contributed by atoms with Gasteiger partial charge in [-0.1, -0.05) is 32.9 Å². The van der Waals surface area contributed by atoms with E-state index >= 15 is 0 Å². The molecule has 0 spiro atoms. The predicted octanol–water partition coefficient (Wildman–Crippen LogP) is 3.53. The summed E-state index contributed by atoms with van der Waals surface area (Å²) in [7, 11) is -2.82. The summed E-state index contributed by atoms with van der Waals surface area (Å²) >= 11 is 1.06. The maximum atomic E-state index is 13.3. The number of hydrogen-bond acceptors (Lipinski definition) is 6. The highest BCUT2D eigenvalue weighted by Gasteiger charge is 2.31. The van der Waals surface area contributed by atoms with E-state index in [1.807, 2.05) is 26.8 Å². The third-order valence-corrected chi connectivity index (χ3v) is 6.96. The number of hydrogen-bond donors (Lipinski definition) is 0. The summed E-state index contributed by atoms with van der Waals surface area (Å²) in [5.74, 6) is -0.647. The minimum absolute atomic E-state index is 0.0966. The standard InChI is InChI=1S/C19H23NO5S2/c1-13-12-14(19(2,3)4)6-7-16(13)27(23,24)20(9-10-21)15-8-11-26-17(15)18(22)25-5/h6-8,10-12H,9H2,1-5H3. The van der Waals surface area contributed by atoms with E-state index in [-0.39, 0.29) is 20.9 Å². The van der Waals surface area contributed by atoms with Crippen LogP contribution in [0.25, 0.3) is 0 Å². The third-order valence-electron chi connectivity index (χ3n) is 4.13. The summed E-state index contributed by atoms with van der Waals surface area (Å²) in [5, 5.41) is 1.59. The zero-order valence-electron chi connectivity index (χ0n) is 16.0. The number of methoxy groups -OCH3 is 1. The van der Waals surface area contributed by atoms with Crippen LogP contribution < -0.4 is 4.31 Å². The van der Waals surface area contributed by atoms with E-state index in [0.29, 0.717) is 11.8 Å². The molecule has 0 bridgehead atoms. The lowest BCUT2D eigenvalue weighted by Crippen LogP contribution is -2.34. The van der Waals surface area contributed by atoms with Crippen LogP contribution >= 0.6 is 11.3 Å². The monoisotopic (exact) mass is 409 g/mol. The number of aryl methyl sites for hydroxylation is 1. The van der Waals surface area contributed by atoms with Crippen molar-refractivity contribution in [2.75, 3.05) is 18.0 Å². The number of anilines is 1. The van der Waals surface area contributed by atoms with Gasteiger partial charge in [-0.2, -0.15) is 0 Å². The molecule has 0 aliphatic heterocycles. The third kappa shape index (κ3) is 4.22. The summed E-state index contributed by atoms with van der Waals surface area (Å²) in [5.41, 5.74) is 1.60. The Morgan fingerprint density at radius 2 is 1.93 bits per heavy atom. The van der Waals surface area contributed by atoms with E-state index in [1.165, 1.54) is 13.2 Å². The van der Waals surface area contributed by atoms with E-state index in [2.05, 4.69) is 0 Å². The largest absolute Gasteiger partial charge is 0.465 e. The number of sulfonamides is 1. The molecular formula is C19H23NO5S2. The Labute approximate surface area is 163 Å². The summed E-state index contributed by atoms with van der Waals surface area (Å²) in [6.07, 6.45) is 0.495. The molecular weight excluding hydrogens is 386 g/mol. The Kier molecular flexibility index (Phi) is 6.11. The zero-order valence-corrected chi connectivity index (χ0v) is 17.6. The molecule has 0 N–H and O–H groups in total. The average Bonchev–Trinajstić information content (AvgIpc) is 3.06.